The van der Waals surface area contributed by atoms with Gasteiger partial charge in [0.05, 0.1) is 8.93 Å². The lowest BCUT2D eigenvalue weighted by Gasteiger charge is -2.25. The first-order valence-corrected chi connectivity index (χ1v) is 9.13. The standard InChI is InChI=1S/C15H15BrINS/c1-9-4-2-6-12(15(9)16)18-11-5-3-7-13-10(11)8-14(17)19-13/h2,4,6,8,11,18H,3,5,7H2,1H3. The predicted molar refractivity (Wildman–Crippen MR) is 95.2 cm³/mol. The molecule has 1 unspecified atom stereocenters. The van der Waals surface area contributed by atoms with Gasteiger partial charge in [-0.15, -0.1) is 11.3 Å². The van der Waals surface area contributed by atoms with E-state index in [1.54, 1.807) is 4.88 Å². The smallest absolute Gasteiger partial charge is 0.0660 e. The highest BCUT2D eigenvalue weighted by Gasteiger charge is 2.23. The Kier molecular flexibility index (Phi) is 4.19. The van der Waals surface area contributed by atoms with Crippen LogP contribution in [0.4, 0.5) is 5.69 Å². The molecule has 1 nitrogen and oxygen atoms in total. The minimum Gasteiger partial charge on any atom is -0.377 e. The van der Waals surface area contributed by atoms with Crippen LogP contribution < -0.4 is 5.32 Å². The number of thiophene rings is 1. The van der Waals surface area contributed by atoms with Crippen LogP contribution in [0, 0.1) is 9.81 Å². The van der Waals surface area contributed by atoms with Crippen molar-refractivity contribution in [1.82, 2.24) is 0 Å². The molecule has 1 N–H and O–H groups in total. The molecule has 1 aromatic heterocycles. The second-order valence-electron chi connectivity index (χ2n) is 4.95. The monoisotopic (exact) mass is 447 g/mol. The lowest BCUT2D eigenvalue weighted by molar-refractivity contribution is 0.608. The van der Waals surface area contributed by atoms with Gasteiger partial charge in [0.2, 0.25) is 0 Å². The number of benzene rings is 1. The summed E-state index contributed by atoms with van der Waals surface area (Å²) in [4.78, 5) is 1.57. The molecule has 3 rings (SSSR count). The van der Waals surface area contributed by atoms with E-state index in [0.29, 0.717) is 6.04 Å². The van der Waals surface area contributed by atoms with Crippen molar-refractivity contribution in [2.75, 3.05) is 5.32 Å². The summed E-state index contributed by atoms with van der Waals surface area (Å²) in [6.45, 7) is 2.13. The Balaban J connectivity index is 1.90. The van der Waals surface area contributed by atoms with Crippen molar-refractivity contribution in [3.8, 4) is 0 Å². The van der Waals surface area contributed by atoms with E-state index in [1.807, 2.05) is 11.3 Å². The first kappa shape index (κ1) is 13.9. The summed E-state index contributed by atoms with van der Waals surface area (Å²) in [5, 5.41) is 3.72. The molecule has 1 heterocycles. The maximum Gasteiger partial charge on any atom is 0.0660 e. The summed E-state index contributed by atoms with van der Waals surface area (Å²) in [5.41, 5.74) is 3.99. The normalized spacial score (nSPS) is 18.2. The van der Waals surface area contributed by atoms with Gasteiger partial charge in [-0.05, 0) is 88.0 Å². The lowest BCUT2D eigenvalue weighted by Crippen LogP contribution is -2.16. The zero-order chi connectivity index (χ0) is 13.4. The van der Waals surface area contributed by atoms with Crippen LogP contribution in [0.25, 0.3) is 0 Å². The Hall–Kier alpha value is -0.0700. The molecule has 0 bridgehead atoms. The number of rotatable bonds is 2. The van der Waals surface area contributed by atoms with Gasteiger partial charge in [0, 0.05) is 15.0 Å². The highest BCUT2D eigenvalue weighted by Crippen LogP contribution is 2.39. The molecule has 0 amide bonds. The van der Waals surface area contributed by atoms with Crippen molar-refractivity contribution in [2.24, 2.45) is 0 Å². The fourth-order valence-corrected chi connectivity index (χ4v) is 5.12. The van der Waals surface area contributed by atoms with Crippen LogP contribution in [0.1, 0.15) is 34.9 Å². The summed E-state index contributed by atoms with van der Waals surface area (Å²) >= 11 is 8.07. The Morgan fingerprint density at radius 1 is 1.42 bits per heavy atom. The zero-order valence-electron chi connectivity index (χ0n) is 10.7. The van der Waals surface area contributed by atoms with Crippen molar-refractivity contribution in [2.45, 2.75) is 32.2 Å². The first-order valence-electron chi connectivity index (χ1n) is 6.45. The quantitative estimate of drug-likeness (QED) is 0.564. The molecule has 0 fully saturated rings. The molecule has 2 aromatic rings. The molecule has 0 saturated heterocycles. The molecule has 0 saturated carbocycles. The van der Waals surface area contributed by atoms with E-state index in [2.05, 4.69) is 75.0 Å². The summed E-state index contributed by atoms with van der Waals surface area (Å²) in [6, 6.07) is 9.21. The molecule has 0 spiro atoms. The van der Waals surface area contributed by atoms with Gasteiger partial charge in [0.15, 0.2) is 0 Å². The number of anilines is 1. The molecule has 1 atom stereocenters. The third-order valence-electron chi connectivity index (χ3n) is 3.61. The van der Waals surface area contributed by atoms with Gasteiger partial charge in [-0.2, -0.15) is 0 Å². The minimum absolute atomic E-state index is 0.460. The maximum atomic E-state index is 3.72. The van der Waals surface area contributed by atoms with Gasteiger partial charge in [-0.3, -0.25) is 0 Å². The van der Waals surface area contributed by atoms with E-state index in [1.165, 1.54) is 43.4 Å². The largest absolute Gasteiger partial charge is 0.377 e. The van der Waals surface area contributed by atoms with Crippen LogP contribution >= 0.6 is 49.9 Å². The highest BCUT2D eigenvalue weighted by atomic mass is 127. The van der Waals surface area contributed by atoms with E-state index < -0.39 is 0 Å². The zero-order valence-corrected chi connectivity index (χ0v) is 15.2. The van der Waals surface area contributed by atoms with E-state index in [9.17, 15) is 0 Å². The maximum absolute atomic E-state index is 3.72. The molecule has 19 heavy (non-hydrogen) atoms. The third kappa shape index (κ3) is 2.85. The first-order chi connectivity index (χ1) is 9.15. The molecule has 1 aromatic carbocycles. The Morgan fingerprint density at radius 3 is 3.11 bits per heavy atom. The molecule has 100 valence electrons. The van der Waals surface area contributed by atoms with Gasteiger partial charge >= 0.3 is 0 Å². The molecule has 4 heteroatoms. The average molecular weight is 448 g/mol. The summed E-state index contributed by atoms with van der Waals surface area (Å²) in [5.74, 6) is 0. The molecule has 0 aliphatic heterocycles. The Morgan fingerprint density at radius 2 is 2.26 bits per heavy atom. The molecular formula is C15H15BrINS. The summed E-state index contributed by atoms with van der Waals surface area (Å²) in [6.07, 6.45) is 3.75. The van der Waals surface area contributed by atoms with E-state index in [0.717, 1.165) is 0 Å². The fraction of sp³-hybridized carbons (Fsp3) is 0.333. The van der Waals surface area contributed by atoms with Crippen LogP contribution in [0.5, 0.6) is 0 Å². The molecule has 1 aliphatic rings. The second kappa shape index (κ2) is 5.74. The van der Waals surface area contributed by atoms with Crippen molar-refractivity contribution >= 4 is 55.5 Å². The Labute approximate surface area is 140 Å². The van der Waals surface area contributed by atoms with Gasteiger partial charge < -0.3 is 5.32 Å². The molecule has 0 radical (unpaired) electrons. The molecular weight excluding hydrogens is 433 g/mol. The SMILES string of the molecule is Cc1cccc(NC2CCCc3sc(I)cc32)c1Br. The van der Waals surface area contributed by atoms with E-state index in [-0.39, 0.29) is 0 Å². The average Bonchev–Trinajstić information content (AvgIpc) is 2.76. The highest BCUT2D eigenvalue weighted by molar-refractivity contribution is 14.1. The number of nitrogens with one attached hydrogen (secondary N) is 1. The van der Waals surface area contributed by atoms with Gasteiger partial charge in [-0.1, -0.05) is 12.1 Å². The van der Waals surface area contributed by atoms with Crippen molar-refractivity contribution in [3.63, 3.8) is 0 Å². The number of hydrogen-bond donors (Lipinski definition) is 1. The van der Waals surface area contributed by atoms with Crippen molar-refractivity contribution < 1.29 is 0 Å². The summed E-state index contributed by atoms with van der Waals surface area (Å²) in [7, 11) is 0. The van der Waals surface area contributed by atoms with Gasteiger partial charge in [-0.25, -0.2) is 0 Å². The van der Waals surface area contributed by atoms with Crippen LogP contribution in [0.2, 0.25) is 0 Å². The van der Waals surface area contributed by atoms with Gasteiger partial charge in [0.25, 0.3) is 0 Å². The van der Waals surface area contributed by atoms with Crippen LogP contribution in [0.3, 0.4) is 0 Å². The minimum atomic E-state index is 0.460. The topological polar surface area (TPSA) is 12.0 Å². The summed E-state index contributed by atoms with van der Waals surface area (Å²) < 4.78 is 2.59. The van der Waals surface area contributed by atoms with E-state index in [4.69, 9.17) is 0 Å². The lowest BCUT2D eigenvalue weighted by atomic mass is 9.94. The van der Waals surface area contributed by atoms with Crippen LogP contribution in [-0.4, -0.2) is 0 Å². The number of halogens is 2. The van der Waals surface area contributed by atoms with E-state index >= 15 is 0 Å². The molecule has 1 aliphatic carbocycles. The fourth-order valence-electron chi connectivity index (χ4n) is 2.62. The van der Waals surface area contributed by atoms with Crippen LogP contribution in [-0.2, 0) is 6.42 Å². The second-order valence-corrected chi connectivity index (χ2v) is 8.78. The Bertz CT molecular complexity index is 608. The predicted octanol–water partition coefficient (Wildman–Crippen LogP) is 5.91. The third-order valence-corrected chi connectivity index (χ3v) is 6.63. The van der Waals surface area contributed by atoms with Crippen LogP contribution in [0.15, 0.2) is 28.7 Å². The number of aryl methyl sites for hydroxylation is 2. The van der Waals surface area contributed by atoms with Crippen molar-refractivity contribution in [1.29, 1.82) is 0 Å². The van der Waals surface area contributed by atoms with Gasteiger partial charge in [0.1, 0.15) is 0 Å². The number of fused-ring (bicyclic) bond motifs is 1. The number of hydrogen-bond acceptors (Lipinski definition) is 2. The van der Waals surface area contributed by atoms with Crippen molar-refractivity contribution in [3.05, 3.63) is 47.6 Å².